The number of aliphatic hydroxyl groups is 1. The number of anilines is 2. The van der Waals surface area contributed by atoms with Crippen molar-refractivity contribution < 1.29 is 5.11 Å². The number of rotatable bonds is 3. The Morgan fingerprint density at radius 3 is 2.85 bits per heavy atom. The highest BCUT2D eigenvalue weighted by Crippen LogP contribution is 2.27. The van der Waals surface area contributed by atoms with Gasteiger partial charge in [0.15, 0.2) is 0 Å². The Hall–Kier alpha value is -0.930. The molecule has 0 aliphatic carbocycles. The van der Waals surface area contributed by atoms with Crippen LogP contribution >= 0.6 is 11.6 Å². The predicted molar refractivity (Wildman–Crippen MR) is 56.0 cm³/mol. The molecule has 0 aliphatic rings. The normalized spacial score (nSPS) is 12.5. The van der Waals surface area contributed by atoms with Gasteiger partial charge in [-0.1, -0.05) is 17.7 Å². The third-order valence-corrected chi connectivity index (χ3v) is 1.94. The summed E-state index contributed by atoms with van der Waals surface area (Å²) in [5, 5.41) is 12.6. The Bertz CT molecular complexity index is 269. The highest BCUT2D eigenvalue weighted by Gasteiger charge is 2.04. The van der Waals surface area contributed by atoms with Crippen molar-refractivity contribution in [2.45, 2.75) is 13.0 Å². The maximum atomic E-state index is 9.05. The molecule has 4 heteroatoms. The van der Waals surface area contributed by atoms with E-state index in [1.165, 1.54) is 0 Å². The van der Waals surface area contributed by atoms with Crippen molar-refractivity contribution >= 4 is 23.0 Å². The number of nitrogen functional groups attached to an aromatic ring is 1. The summed E-state index contributed by atoms with van der Waals surface area (Å²) in [6, 6.07) is 5.30. The van der Waals surface area contributed by atoms with Crippen molar-refractivity contribution in [2.24, 2.45) is 0 Å². The average molecular weight is 201 g/mol. The number of para-hydroxylation sites is 1. The molecule has 1 rings (SSSR count). The fourth-order valence-corrected chi connectivity index (χ4v) is 1.23. The summed E-state index contributed by atoms with van der Waals surface area (Å²) < 4.78 is 0. The third kappa shape index (κ3) is 2.79. The van der Waals surface area contributed by atoms with E-state index in [0.29, 0.717) is 22.9 Å². The molecule has 0 aliphatic heterocycles. The van der Waals surface area contributed by atoms with Crippen LogP contribution in [-0.2, 0) is 0 Å². The summed E-state index contributed by atoms with van der Waals surface area (Å²) >= 11 is 5.89. The molecule has 0 fully saturated rings. The SMILES string of the molecule is CC(O)CNc1c(N)cccc1Cl. The van der Waals surface area contributed by atoms with Gasteiger partial charge in [0.25, 0.3) is 0 Å². The molecular formula is C9H13ClN2O. The van der Waals surface area contributed by atoms with Crippen LogP contribution in [0.2, 0.25) is 5.02 Å². The van der Waals surface area contributed by atoms with Gasteiger partial charge >= 0.3 is 0 Å². The van der Waals surface area contributed by atoms with Gasteiger partial charge in [0.2, 0.25) is 0 Å². The van der Waals surface area contributed by atoms with Crippen LogP contribution in [0, 0.1) is 0 Å². The lowest BCUT2D eigenvalue weighted by molar-refractivity contribution is 0.208. The molecule has 4 N–H and O–H groups in total. The smallest absolute Gasteiger partial charge is 0.0764 e. The molecule has 0 radical (unpaired) electrons. The highest BCUT2D eigenvalue weighted by molar-refractivity contribution is 6.33. The molecule has 1 atom stereocenters. The molecule has 0 amide bonds. The van der Waals surface area contributed by atoms with Gasteiger partial charge in [-0.3, -0.25) is 0 Å². The Balaban J connectivity index is 2.75. The first-order valence-corrected chi connectivity index (χ1v) is 4.45. The summed E-state index contributed by atoms with van der Waals surface area (Å²) in [5.41, 5.74) is 6.96. The van der Waals surface area contributed by atoms with E-state index in [0.717, 1.165) is 0 Å². The molecule has 1 aromatic rings. The van der Waals surface area contributed by atoms with Crippen molar-refractivity contribution in [1.82, 2.24) is 0 Å². The molecule has 0 aromatic heterocycles. The maximum absolute atomic E-state index is 9.05. The molecule has 1 aromatic carbocycles. The quantitative estimate of drug-likeness (QED) is 0.652. The van der Waals surface area contributed by atoms with Crippen molar-refractivity contribution in [1.29, 1.82) is 0 Å². The fourth-order valence-electron chi connectivity index (χ4n) is 0.977. The van der Waals surface area contributed by atoms with E-state index in [2.05, 4.69) is 5.32 Å². The summed E-state index contributed by atoms with van der Waals surface area (Å²) in [5.74, 6) is 0. The molecule has 1 unspecified atom stereocenters. The molecule has 0 heterocycles. The van der Waals surface area contributed by atoms with Gasteiger partial charge < -0.3 is 16.2 Å². The first-order valence-electron chi connectivity index (χ1n) is 4.07. The Kier molecular flexibility index (Phi) is 3.39. The fraction of sp³-hybridized carbons (Fsp3) is 0.333. The Morgan fingerprint density at radius 2 is 2.31 bits per heavy atom. The van der Waals surface area contributed by atoms with E-state index < -0.39 is 6.10 Å². The topological polar surface area (TPSA) is 58.3 Å². The molecule has 72 valence electrons. The minimum absolute atomic E-state index is 0.421. The van der Waals surface area contributed by atoms with E-state index in [-0.39, 0.29) is 0 Å². The molecule has 0 bridgehead atoms. The lowest BCUT2D eigenvalue weighted by Crippen LogP contribution is -2.16. The minimum Gasteiger partial charge on any atom is -0.397 e. The molecule has 0 saturated carbocycles. The lowest BCUT2D eigenvalue weighted by atomic mass is 10.2. The van der Waals surface area contributed by atoms with E-state index in [1.54, 1.807) is 25.1 Å². The van der Waals surface area contributed by atoms with E-state index in [9.17, 15) is 0 Å². The summed E-state index contributed by atoms with van der Waals surface area (Å²) in [6.45, 7) is 2.13. The second-order valence-corrected chi connectivity index (χ2v) is 3.34. The van der Waals surface area contributed by atoms with Gasteiger partial charge in [-0.05, 0) is 19.1 Å². The molecule has 0 saturated heterocycles. The van der Waals surface area contributed by atoms with Crippen LogP contribution in [0.25, 0.3) is 0 Å². The van der Waals surface area contributed by atoms with Crippen molar-refractivity contribution in [3.8, 4) is 0 Å². The molecule has 13 heavy (non-hydrogen) atoms. The Morgan fingerprint density at radius 1 is 1.62 bits per heavy atom. The van der Waals surface area contributed by atoms with Gasteiger partial charge in [-0.15, -0.1) is 0 Å². The van der Waals surface area contributed by atoms with Crippen LogP contribution in [0.4, 0.5) is 11.4 Å². The van der Waals surface area contributed by atoms with Crippen LogP contribution in [-0.4, -0.2) is 17.8 Å². The van der Waals surface area contributed by atoms with Crippen molar-refractivity contribution in [3.63, 3.8) is 0 Å². The second-order valence-electron chi connectivity index (χ2n) is 2.93. The standard InChI is InChI=1S/C9H13ClN2O/c1-6(13)5-12-9-7(10)3-2-4-8(9)11/h2-4,6,12-13H,5,11H2,1H3. The van der Waals surface area contributed by atoms with Crippen LogP contribution in [0.3, 0.4) is 0 Å². The number of hydrogen-bond acceptors (Lipinski definition) is 3. The van der Waals surface area contributed by atoms with E-state index >= 15 is 0 Å². The monoisotopic (exact) mass is 200 g/mol. The van der Waals surface area contributed by atoms with Crippen LogP contribution in [0.5, 0.6) is 0 Å². The number of nitrogens with one attached hydrogen (secondary N) is 1. The van der Waals surface area contributed by atoms with Crippen LogP contribution in [0.15, 0.2) is 18.2 Å². The average Bonchev–Trinajstić information content (AvgIpc) is 2.03. The highest BCUT2D eigenvalue weighted by atomic mass is 35.5. The van der Waals surface area contributed by atoms with Crippen LogP contribution < -0.4 is 11.1 Å². The number of aliphatic hydroxyl groups excluding tert-OH is 1. The zero-order chi connectivity index (χ0) is 9.84. The maximum Gasteiger partial charge on any atom is 0.0764 e. The minimum atomic E-state index is -0.421. The summed E-state index contributed by atoms with van der Waals surface area (Å²) in [6.07, 6.45) is -0.421. The first kappa shape index (κ1) is 10.2. The zero-order valence-corrected chi connectivity index (χ0v) is 8.17. The summed E-state index contributed by atoms with van der Waals surface area (Å²) in [4.78, 5) is 0. The molecular weight excluding hydrogens is 188 g/mol. The van der Waals surface area contributed by atoms with Crippen molar-refractivity contribution in [3.05, 3.63) is 23.2 Å². The second kappa shape index (κ2) is 4.35. The first-order chi connectivity index (χ1) is 6.11. The van der Waals surface area contributed by atoms with Gasteiger partial charge in [0.05, 0.1) is 22.5 Å². The van der Waals surface area contributed by atoms with Crippen LogP contribution in [0.1, 0.15) is 6.92 Å². The van der Waals surface area contributed by atoms with Gasteiger partial charge in [-0.25, -0.2) is 0 Å². The number of halogens is 1. The van der Waals surface area contributed by atoms with E-state index in [1.807, 2.05) is 0 Å². The molecule has 0 spiro atoms. The van der Waals surface area contributed by atoms with Gasteiger partial charge in [-0.2, -0.15) is 0 Å². The summed E-state index contributed by atoms with van der Waals surface area (Å²) in [7, 11) is 0. The number of nitrogens with two attached hydrogens (primary N) is 1. The largest absolute Gasteiger partial charge is 0.397 e. The van der Waals surface area contributed by atoms with E-state index in [4.69, 9.17) is 22.4 Å². The third-order valence-electron chi connectivity index (χ3n) is 1.62. The van der Waals surface area contributed by atoms with Crippen molar-refractivity contribution in [2.75, 3.05) is 17.6 Å². The number of benzene rings is 1. The zero-order valence-electron chi connectivity index (χ0n) is 7.42. The number of hydrogen-bond donors (Lipinski definition) is 3. The Labute approximate surface area is 82.5 Å². The predicted octanol–water partition coefficient (Wildman–Crippen LogP) is 1.71. The molecule has 3 nitrogen and oxygen atoms in total. The lowest BCUT2D eigenvalue weighted by Gasteiger charge is -2.11. The van der Waals surface area contributed by atoms with Gasteiger partial charge in [0.1, 0.15) is 0 Å². The van der Waals surface area contributed by atoms with Gasteiger partial charge in [0, 0.05) is 6.54 Å².